The summed E-state index contributed by atoms with van der Waals surface area (Å²) in [7, 11) is 0. The Hall–Kier alpha value is -3.91. The van der Waals surface area contributed by atoms with E-state index in [1.807, 2.05) is 41.1 Å². The fourth-order valence-corrected chi connectivity index (χ4v) is 4.29. The number of para-hydroxylation sites is 2. The van der Waals surface area contributed by atoms with E-state index >= 15 is 0 Å². The number of halogens is 1. The highest BCUT2D eigenvalue weighted by Gasteiger charge is 2.30. The van der Waals surface area contributed by atoms with Crippen molar-refractivity contribution < 1.29 is 4.92 Å². The third-order valence-corrected chi connectivity index (χ3v) is 5.76. The smallest absolute Gasteiger partial charge is 0.292 e. The number of hydrogen-bond acceptors (Lipinski definition) is 6. The summed E-state index contributed by atoms with van der Waals surface area (Å²) in [6.07, 6.45) is 3.36. The number of fused-ring (bicyclic) bond motifs is 3. The van der Waals surface area contributed by atoms with Crippen molar-refractivity contribution in [1.29, 1.82) is 0 Å². The van der Waals surface area contributed by atoms with Crippen molar-refractivity contribution in [2.75, 3.05) is 16.8 Å². The molecule has 0 bridgehead atoms. The van der Waals surface area contributed by atoms with Crippen LogP contribution >= 0.6 is 11.6 Å². The molecule has 160 valence electrons. The van der Waals surface area contributed by atoms with E-state index in [0.29, 0.717) is 35.4 Å². The first-order chi connectivity index (χ1) is 15.6. The Labute approximate surface area is 189 Å². The molecule has 0 spiro atoms. The fourth-order valence-electron chi connectivity index (χ4n) is 4.07. The molecule has 1 atom stereocenters. The molecule has 1 unspecified atom stereocenters. The van der Waals surface area contributed by atoms with Gasteiger partial charge in [-0.3, -0.25) is 10.1 Å². The molecule has 0 amide bonds. The van der Waals surface area contributed by atoms with Gasteiger partial charge in [-0.15, -0.1) is 0 Å². The van der Waals surface area contributed by atoms with Crippen molar-refractivity contribution in [3.63, 3.8) is 0 Å². The molecule has 0 radical (unpaired) electrons. The number of aromatic nitrogens is 3. The molecule has 1 N–H and O–H groups in total. The molecular formula is C23H19ClN6O2. The van der Waals surface area contributed by atoms with Gasteiger partial charge in [0.2, 0.25) is 0 Å². The summed E-state index contributed by atoms with van der Waals surface area (Å²) in [5.74, 6) is 0.707. The van der Waals surface area contributed by atoms with Crippen LogP contribution in [0.1, 0.15) is 17.3 Å². The number of nitro benzene ring substituents is 1. The van der Waals surface area contributed by atoms with E-state index in [4.69, 9.17) is 11.6 Å². The lowest BCUT2D eigenvalue weighted by molar-refractivity contribution is -0.384. The minimum Gasteiger partial charge on any atom is -0.369 e. The monoisotopic (exact) mass is 446 g/mol. The Bertz CT molecular complexity index is 1280. The summed E-state index contributed by atoms with van der Waals surface area (Å²) in [5.41, 5.74) is 3.20. The first-order valence-corrected chi connectivity index (χ1v) is 10.5. The second-order valence-electron chi connectivity index (χ2n) is 7.48. The van der Waals surface area contributed by atoms with Gasteiger partial charge in [0.25, 0.3) is 5.69 Å². The van der Waals surface area contributed by atoms with Crippen LogP contribution in [-0.4, -0.2) is 26.0 Å². The Morgan fingerprint density at radius 3 is 2.66 bits per heavy atom. The predicted octanol–water partition coefficient (Wildman–Crippen LogP) is 5.00. The molecule has 0 aliphatic carbocycles. The Kier molecular flexibility index (Phi) is 5.20. The lowest BCUT2D eigenvalue weighted by Gasteiger charge is -2.27. The van der Waals surface area contributed by atoms with E-state index in [2.05, 4.69) is 32.3 Å². The number of nitro groups is 1. The molecule has 0 saturated carbocycles. The van der Waals surface area contributed by atoms with Gasteiger partial charge >= 0.3 is 0 Å². The molecule has 1 aliphatic heterocycles. The number of rotatable bonds is 5. The van der Waals surface area contributed by atoms with Gasteiger partial charge in [0, 0.05) is 31.0 Å². The van der Waals surface area contributed by atoms with Crippen LogP contribution in [0.25, 0.3) is 5.69 Å². The Balaban J connectivity index is 1.61. The summed E-state index contributed by atoms with van der Waals surface area (Å²) in [5, 5.41) is 15.3. The maximum Gasteiger partial charge on any atom is 0.292 e. The number of hydrogen-bond donors (Lipinski definition) is 1. The molecule has 5 rings (SSSR count). The minimum absolute atomic E-state index is 0.0276. The molecular weight excluding hydrogens is 428 g/mol. The van der Waals surface area contributed by atoms with Crippen molar-refractivity contribution >= 4 is 28.8 Å². The first-order valence-electron chi connectivity index (χ1n) is 10.1. The third-order valence-electron chi connectivity index (χ3n) is 5.49. The van der Waals surface area contributed by atoms with Gasteiger partial charge in [0.15, 0.2) is 11.0 Å². The van der Waals surface area contributed by atoms with Gasteiger partial charge in [-0.25, -0.2) is 9.97 Å². The zero-order chi connectivity index (χ0) is 22.1. The second-order valence-corrected chi connectivity index (χ2v) is 7.84. The van der Waals surface area contributed by atoms with Crippen LogP contribution in [0.15, 0.2) is 79.3 Å². The van der Waals surface area contributed by atoms with Crippen LogP contribution in [0.5, 0.6) is 0 Å². The lowest BCUT2D eigenvalue weighted by atomic mass is 10.1. The van der Waals surface area contributed by atoms with E-state index < -0.39 is 0 Å². The van der Waals surface area contributed by atoms with Gasteiger partial charge in [-0.05, 0) is 23.8 Å². The van der Waals surface area contributed by atoms with Gasteiger partial charge in [0.05, 0.1) is 11.0 Å². The lowest BCUT2D eigenvalue weighted by Crippen LogP contribution is -2.31. The standard InChI is InChI=1S/C23H19ClN6O2/c24-22-21-23(26-15-25-22)28(13-16-7-2-1-3-8-16)14-18(19-11-6-12-29(19)21)27-17-9-4-5-10-20(17)30(31)32/h1-12,15,18,27H,13-14H2. The van der Waals surface area contributed by atoms with Crippen molar-refractivity contribution in [3.8, 4) is 5.69 Å². The minimum atomic E-state index is -0.378. The third kappa shape index (κ3) is 3.65. The average Bonchev–Trinajstić information content (AvgIpc) is 3.24. The van der Waals surface area contributed by atoms with Crippen LogP contribution in [-0.2, 0) is 6.54 Å². The largest absolute Gasteiger partial charge is 0.369 e. The van der Waals surface area contributed by atoms with E-state index in [-0.39, 0.29) is 16.7 Å². The topological polar surface area (TPSA) is 89.1 Å². The van der Waals surface area contributed by atoms with E-state index in [1.165, 1.54) is 12.4 Å². The van der Waals surface area contributed by atoms with Crippen molar-refractivity contribution in [3.05, 3.63) is 106 Å². The maximum atomic E-state index is 11.6. The average molecular weight is 447 g/mol. The molecule has 9 heteroatoms. The highest BCUT2D eigenvalue weighted by Crippen LogP contribution is 2.38. The molecule has 0 saturated heterocycles. The zero-order valence-corrected chi connectivity index (χ0v) is 17.7. The number of nitrogens with one attached hydrogen (secondary N) is 1. The van der Waals surface area contributed by atoms with Crippen LogP contribution in [0.2, 0.25) is 5.15 Å². The molecule has 1 aliphatic rings. The Morgan fingerprint density at radius 2 is 1.84 bits per heavy atom. The van der Waals surface area contributed by atoms with Gasteiger partial charge in [-0.1, -0.05) is 54.1 Å². The molecule has 2 aromatic heterocycles. The van der Waals surface area contributed by atoms with E-state index in [0.717, 1.165) is 11.3 Å². The summed E-state index contributed by atoms with van der Waals surface area (Å²) >= 11 is 6.53. The van der Waals surface area contributed by atoms with E-state index in [1.54, 1.807) is 18.2 Å². The summed E-state index contributed by atoms with van der Waals surface area (Å²) < 4.78 is 1.95. The predicted molar refractivity (Wildman–Crippen MR) is 123 cm³/mol. The molecule has 4 aromatic rings. The summed E-state index contributed by atoms with van der Waals surface area (Å²) in [6.45, 7) is 1.12. The van der Waals surface area contributed by atoms with Gasteiger partial charge in [0.1, 0.15) is 17.7 Å². The summed E-state index contributed by atoms with van der Waals surface area (Å²) in [4.78, 5) is 22.1. The summed E-state index contributed by atoms with van der Waals surface area (Å²) in [6, 6.07) is 20.4. The zero-order valence-electron chi connectivity index (χ0n) is 16.9. The van der Waals surface area contributed by atoms with Gasteiger partial charge in [-0.2, -0.15) is 0 Å². The van der Waals surface area contributed by atoms with Crippen LogP contribution in [0, 0.1) is 10.1 Å². The maximum absolute atomic E-state index is 11.6. The normalized spacial score (nSPS) is 14.9. The van der Waals surface area contributed by atoms with Crippen molar-refractivity contribution in [2.45, 2.75) is 12.6 Å². The fraction of sp³-hybridized carbons (Fsp3) is 0.130. The quantitative estimate of drug-likeness (QED) is 0.263. The molecule has 0 fully saturated rings. The highest BCUT2D eigenvalue weighted by molar-refractivity contribution is 6.31. The SMILES string of the molecule is O=[N+]([O-])c1ccccc1NC1CN(Cc2ccccc2)c2ncnc(Cl)c2-n2cccc21. The highest BCUT2D eigenvalue weighted by atomic mass is 35.5. The second kappa shape index (κ2) is 8.32. The van der Waals surface area contributed by atoms with E-state index in [9.17, 15) is 10.1 Å². The first kappa shape index (κ1) is 20.0. The molecule has 8 nitrogen and oxygen atoms in total. The van der Waals surface area contributed by atoms with Crippen LogP contribution in [0.4, 0.5) is 17.2 Å². The molecule has 3 heterocycles. The van der Waals surface area contributed by atoms with Crippen LogP contribution < -0.4 is 10.2 Å². The van der Waals surface area contributed by atoms with Crippen molar-refractivity contribution in [2.24, 2.45) is 0 Å². The molecule has 32 heavy (non-hydrogen) atoms. The molecule has 2 aromatic carbocycles. The van der Waals surface area contributed by atoms with Gasteiger partial charge < -0.3 is 14.8 Å². The Morgan fingerprint density at radius 1 is 1.06 bits per heavy atom. The number of benzene rings is 2. The number of nitrogens with zero attached hydrogens (tertiary/aromatic N) is 5. The number of anilines is 2. The van der Waals surface area contributed by atoms with Crippen molar-refractivity contribution in [1.82, 2.24) is 14.5 Å². The van der Waals surface area contributed by atoms with Crippen LogP contribution in [0.3, 0.4) is 0 Å².